The number of anilines is 1. The van der Waals surface area contributed by atoms with Crippen molar-refractivity contribution in [1.29, 1.82) is 0 Å². The molecule has 1 rings (SSSR count). The summed E-state index contributed by atoms with van der Waals surface area (Å²) in [5.74, 6) is -1.92. The maximum atomic E-state index is 13.4. The molecule has 0 aliphatic heterocycles. The monoisotopic (exact) mass is 296 g/mol. The van der Waals surface area contributed by atoms with Crippen molar-refractivity contribution in [2.75, 3.05) is 24.3 Å². The summed E-state index contributed by atoms with van der Waals surface area (Å²) in [5.41, 5.74) is 5.16. The second-order valence-corrected chi connectivity index (χ2v) is 6.28. The fourth-order valence-electron chi connectivity index (χ4n) is 1.28. The zero-order valence-electron chi connectivity index (χ0n) is 9.74. The largest absolute Gasteiger partial charge is 0.399 e. The van der Waals surface area contributed by atoms with Crippen molar-refractivity contribution in [3.8, 4) is 0 Å². The maximum absolute atomic E-state index is 13.4. The first-order valence-electron chi connectivity index (χ1n) is 5.11. The predicted octanol–water partition coefficient (Wildman–Crippen LogP) is 1.58. The Morgan fingerprint density at radius 2 is 2.06 bits per heavy atom. The van der Waals surface area contributed by atoms with Gasteiger partial charge in [0.15, 0.2) is 11.6 Å². The number of benzene rings is 1. The number of rotatable bonds is 6. The highest BCUT2D eigenvalue weighted by Crippen LogP contribution is 2.20. The van der Waals surface area contributed by atoms with E-state index >= 15 is 0 Å². The van der Waals surface area contributed by atoms with E-state index in [0.29, 0.717) is 6.42 Å². The van der Waals surface area contributed by atoms with Crippen LogP contribution in [0.2, 0.25) is 0 Å². The highest BCUT2D eigenvalue weighted by molar-refractivity contribution is 7.98. The molecule has 0 aliphatic rings. The van der Waals surface area contributed by atoms with Gasteiger partial charge in [0.2, 0.25) is 10.0 Å². The molecule has 0 aliphatic carbocycles. The number of hydrogen-bond acceptors (Lipinski definition) is 4. The molecule has 0 amide bonds. The van der Waals surface area contributed by atoms with Gasteiger partial charge in [-0.1, -0.05) is 0 Å². The van der Waals surface area contributed by atoms with Crippen molar-refractivity contribution in [2.45, 2.75) is 11.3 Å². The lowest BCUT2D eigenvalue weighted by Crippen LogP contribution is -2.26. The number of nitrogen functional groups attached to an aromatic ring is 1. The van der Waals surface area contributed by atoms with Crippen LogP contribution in [0.4, 0.5) is 14.5 Å². The summed E-state index contributed by atoms with van der Waals surface area (Å²) in [6, 6.07) is 1.64. The number of thioether (sulfide) groups is 1. The quantitative estimate of drug-likeness (QED) is 0.617. The fraction of sp³-hybridized carbons (Fsp3) is 0.400. The van der Waals surface area contributed by atoms with E-state index in [4.69, 9.17) is 5.73 Å². The maximum Gasteiger partial charge on any atom is 0.243 e. The Hall–Kier alpha value is -0.860. The smallest absolute Gasteiger partial charge is 0.243 e. The normalized spacial score (nSPS) is 11.7. The van der Waals surface area contributed by atoms with Crippen molar-refractivity contribution < 1.29 is 17.2 Å². The number of nitrogens with one attached hydrogen (secondary N) is 1. The molecule has 0 fully saturated rings. The summed E-state index contributed by atoms with van der Waals surface area (Å²) in [6.07, 6.45) is 2.49. The van der Waals surface area contributed by atoms with Gasteiger partial charge in [-0.3, -0.25) is 0 Å². The molecule has 0 spiro atoms. The molecule has 0 heterocycles. The SMILES string of the molecule is CSCCCNS(=O)(=O)c1cc(N)cc(F)c1F. The van der Waals surface area contributed by atoms with Crippen molar-refractivity contribution >= 4 is 27.5 Å². The molecular formula is C10H14F2N2O2S2. The Bertz CT molecular complexity index is 521. The zero-order valence-corrected chi connectivity index (χ0v) is 11.4. The molecule has 0 radical (unpaired) electrons. The highest BCUT2D eigenvalue weighted by atomic mass is 32.2. The number of nitrogens with two attached hydrogens (primary N) is 1. The summed E-state index contributed by atoms with van der Waals surface area (Å²) < 4.78 is 52.1. The Morgan fingerprint density at radius 3 is 2.67 bits per heavy atom. The van der Waals surface area contributed by atoms with Gasteiger partial charge in [0.1, 0.15) is 4.90 Å². The van der Waals surface area contributed by atoms with E-state index in [-0.39, 0.29) is 12.2 Å². The zero-order chi connectivity index (χ0) is 13.8. The molecule has 1 aromatic carbocycles. The van der Waals surface area contributed by atoms with E-state index in [0.717, 1.165) is 17.9 Å². The Labute approximate surface area is 109 Å². The van der Waals surface area contributed by atoms with Gasteiger partial charge in [0, 0.05) is 12.2 Å². The minimum Gasteiger partial charge on any atom is -0.399 e. The molecule has 0 saturated carbocycles. The number of sulfonamides is 1. The Balaban J connectivity index is 2.91. The van der Waals surface area contributed by atoms with Gasteiger partial charge < -0.3 is 5.73 Å². The van der Waals surface area contributed by atoms with Gasteiger partial charge in [-0.2, -0.15) is 11.8 Å². The molecule has 0 bridgehead atoms. The van der Waals surface area contributed by atoms with E-state index in [1.165, 1.54) is 0 Å². The van der Waals surface area contributed by atoms with E-state index in [1.807, 2.05) is 6.26 Å². The fourth-order valence-corrected chi connectivity index (χ4v) is 2.91. The molecular weight excluding hydrogens is 282 g/mol. The van der Waals surface area contributed by atoms with Crippen LogP contribution in [-0.2, 0) is 10.0 Å². The highest BCUT2D eigenvalue weighted by Gasteiger charge is 2.22. The van der Waals surface area contributed by atoms with Crippen LogP contribution in [0.25, 0.3) is 0 Å². The number of halogens is 2. The Kier molecular flexibility index (Phi) is 5.36. The van der Waals surface area contributed by atoms with Crippen LogP contribution >= 0.6 is 11.8 Å². The molecule has 102 valence electrons. The average molecular weight is 296 g/mol. The molecule has 8 heteroatoms. The third kappa shape index (κ3) is 3.82. The second kappa shape index (κ2) is 6.35. The van der Waals surface area contributed by atoms with E-state index in [9.17, 15) is 17.2 Å². The molecule has 18 heavy (non-hydrogen) atoms. The first kappa shape index (κ1) is 15.2. The van der Waals surface area contributed by atoms with Crippen LogP contribution in [0.15, 0.2) is 17.0 Å². The van der Waals surface area contributed by atoms with E-state index in [1.54, 1.807) is 11.8 Å². The first-order chi connectivity index (χ1) is 8.38. The van der Waals surface area contributed by atoms with Crippen LogP contribution in [0.3, 0.4) is 0 Å². The topological polar surface area (TPSA) is 72.2 Å². The lowest BCUT2D eigenvalue weighted by molar-refractivity contribution is 0.484. The van der Waals surface area contributed by atoms with Crippen molar-refractivity contribution in [2.24, 2.45) is 0 Å². The molecule has 3 N–H and O–H groups in total. The van der Waals surface area contributed by atoms with Crippen molar-refractivity contribution in [3.05, 3.63) is 23.8 Å². The predicted molar refractivity (Wildman–Crippen MR) is 69.0 cm³/mol. The van der Waals surface area contributed by atoms with Crippen molar-refractivity contribution in [1.82, 2.24) is 4.72 Å². The summed E-state index contributed by atoms with van der Waals surface area (Å²) in [6.45, 7) is 0.166. The van der Waals surface area contributed by atoms with Gasteiger partial charge in [-0.25, -0.2) is 21.9 Å². The van der Waals surface area contributed by atoms with Gasteiger partial charge in [0.05, 0.1) is 0 Å². The lowest BCUT2D eigenvalue weighted by atomic mass is 10.3. The number of hydrogen-bond donors (Lipinski definition) is 2. The minimum atomic E-state index is -4.07. The van der Waals surface area contributed by atoms with Crippen molar-refractivity contribution in [3.63, 3.8) is 0 Å². The third-order valence-electron chi connectivity index (χ3n) is 2.12. The molecule has 4 nitrogen and oxygen atoms in total. The van der Waals surface area contributed by atoms with Crippen LogP contribution in [0.1, 0.15) is 6.42 Å². The summed E-state index contributed by atoms with van der Waals surface area (Å²) in [5, 5.41) is 0. The second-order valence-electron chi connectivity index (χ2n) is 3.56. The van der Waals surface area contributed by atoms with Gasteiger partial charge in [-0.05, 0) is 30.6 Å². The summed E-state index contributed by atoms with van der Waals surface area (Å²) >= 11 is 1.57. The van der Waals surface area contributed by atoms with Crippen LogP contribution in [0.5, 0.6) is 0 Å². The third-order valence-corrected chi connectivity index (χ3v) is 4.28. The van der Waals surface area contributed by atoms with E-state index in [2.05, 4.69) is 4.72 Å². The minimum absolute atomic E-state index is 0.140. The standard InChI is InChI=1S/C10H14F2N2O2S2/c1-17-4-2-3-14-18(15,16)9-6-7(13)5-8(11)10(9)12/h5-6,14H,2-4,13H2,1H3. The lowest BCUT2D eigenvalue weighted by Gasteiger charge is -2.08. The summed E-state index contributed by atoms with van der Waals surface area (Å²) in [4.78, 5) is -0.760. The molecule has 1 aromatic rings. The summed E-state index contributed by atoms with van der Waals surface area (Å²) in [7, 11) is -4.07. The van der Waals surface area contributed by atoms with Crippen LogP contribution < -0.4 is 10.5 Å². The average Bonchev–Trinajstić information content (AvgIpc) is 2.29. The van der Waals surface area contributed by atoms with Gasteiger partial charge in [-0.15, -0.1) is 0 Å². The Morgan fingerprint density at radius 1 is 1.39 bits per heavy atom. The van der Waals surface area contributed by atoms with Gasteiger partial charge >= 0.3 is 0 Å². The molecule has 0 aromatic heterocycles. The van der Waals surface area contributed by atoms with Crippen LogP contribution in [-0.4, -0.2) is 27.0 Å². The van der Waals surface area contributed by atoms with Crippen LogP contribution in [0, 0.1) is 11.6 Å². The molecule has 0 saturated heterocycles. The molecule has 0 unspecified atom stereocenters. The van der Waals surface area contributed by atoms with Gasteiger partial charge in [0.25, 0.3) is 0 Å². The molecule has 0 atom stereocenters. The first-order valence-corrected chi connectivity index (χ1v) is 7.99. The van der Waals surface area contributed by atoms with E-state index < -0.39 is 26.6 Å².